The van der Waals surface area contributed by atoms with E-state index in [1.807, 2.05) is 13.0 Å². The van der Waals surface area contributed by atoms with E-state index in [1.54, 1.807) is 6.07 Å². The van der Waals surface area contributed by atoms with Gasteiger partial charge in [0.25, 0.3) is 0 Å². The molecule has 1 heterocycles. The van der Waals surface area contributed by atoms with E-state index >= 15 is 0 Å². The molecule has 15 heavy (non-hydrogen) atoms. The fourth-order valence-electron chi connectivity index (χ4n) is 1.86. The summed E-state index contributed by atoms with van der Waals surface area (Å²) < 4.78 is 13.1. The molecular formula is C11H16ClFN2. The summed E-state index contributed by atoms with van der Waals surface area (Å²) in [6.07, 6.45) is 0. The van der Waals surface area contributed by atoms with Gasteiger partial charge in [0.15, 0.2) is 0 Å². The highest BCUT2D eigenvalue weighted by atomic mass is 35.5. The van der Waals surface area contributed by atoms with E-state index in [4.69, 9.17) is 0 Å². The summed E-state index contributed by atoms with van der Waals surface area (Å²) in [6, 6.07) is 5.22. The Hall–Kier alpha value is -0.640. The van der Waals surface area contributed by atoms with Crippen LogP contribution in [0.4, 0.5) is 4.39 Å². The van der Waals surface area contributed by atoms with Crippen LogP contribution in [0.5, 0.6) is 0 Å². The fraction of sp³-hybridized carbons (Fsp3) is 0.455. The van der Waals surface area contributed by atoms with Crippen LogP contribution < -0.4 is 10.6 Å². The number of rotatable bonds is 1. The van der Waals surface area contributed by atoms with Crippen molar-refractivity contribution in [2.45, 2.75) is 13.0 Å². The van der Waals surface area contributed by atoms with Crippen LogP contribution in [-0.2, 0) is 0 Å². The van der Waals surface area contributed by atoms with E-state index in [0.717, 1.165) is 30.8 Å². The summed E-state index contributed by atoms with van der Waals surface area (Å²) in [5.74, 6) is -0.155. The maximum absolute atomic E-state index is 13.1. The van der Waals surface area contributed by atoms with Crippen molar-refractivity contribution >= 4 is 12.4 Å². The average Bonchev–Trinajstić information content (AvgIpc) is 2.23. The van der Waals surface area contributed by atoms with Gasteiger partial charge in [-0.15, -0.1) is 12.4 Å². The molecule has 1 atom stereocenters. The van der Waals surface area contributed by atoms with E-state index in [0.29, 0.717) is 0 Å². The van der Waals surface area contributed by atoms with Crippen molar-refractivity contribution in [3.63, 3.8) is 0 Å². The zero-order valence-electron chi connectivity index (χ0n) is 8.72. The number of hydrogen-bond donors (Lipinski definition) is 2. The van der Waals surface area contributed by atoms with Gasteiger partial charge in [0.1, 0.15) is 5.82 Å². The van der Waals surface area contributed by atoms with Gasteiger partial charge >= 0.3 is 0 Å². The van der Waals surface area contributed by atoms with E-state index in [2.05, 4.69) is 10.6 Å². The second kappa shape index (κ2) is 5.45. The quantitative estimate of drug-likeness (QED) is 0.769. The molecule has 2 nitrogen and oxygen atoms in total. The molecule has 84 valence electrons. The highest BCUT2D eigenvalue weighted by Gasteiger charge is 2.16. The van der Waals surface area contributed by atoms with Crippen LogP contribution in [0.2, 0.25) is 0 Å². The summed E-state index contributed by atoms with van der Waals surface area (Å²) in [6.45, 7) is 4.83. The van der Waals surface area contributed by atoms with Crippen molar-refractivity contribution in [3.05, 3.63) is 35.1 Å². The first-order chi connectivity index (χ1) is 6.77. The Labute approximate surface area is 95.7 Å². The van der Waals surface area contributed by atoms with Crippen LogP contribution in [0.25, 0.3) is 0 Å². The number of aryl methyl sites for hydroxylation is 1. The second-order valence-corrected chi connectivity index (χ2v) is 3.71. The lowest BCUT2D eigenvalue weighted by molar-refractivity contribution is 0.427. The first kappa shape index (κ1) is 12.4. The Morgan fingerprint density at radius 2 is 2.13 bits per heavy atom. The molecule has 1 aromatic rings. The van der Waals surface area contributed by atoms with Crippen molar-refractivity contribution in [2.24, 2.45) is 0 Å². The lowest BCUT2D eigenvalue weighted by Crippen LogP contribution is -2.42. The predicted molar refractivity (Wildman–Crippen MR) is 62.0 cm³/mol. The van der Waals surface area contributed by atoms with E-state index in [1.165, 1.54) is 6.07 Å². The van der Waals surface area contributed by atoms with E-state index in [-0.39, 0.29) is 24.3 Å². The van der Waals surface area contributed by atoms with E-state index < -0.39 is 0 Å². The lowest BCUT2D eigenvalue weighted by Gasteiger charge is -2.26. The zero-order chi connectivity index (χ0) is 9.97. The highest BCUT2D eigenvalue weighted by Crippen LogP contribution is 2.19. The molecule has 1 fully saturated rings. The van der Waals surface area contributed by atoms with Gasteiger partial charge in [-0.1, -0.05) is 6.07 Å². The van der Waals surface area contributed by atoms with Gasteiger partial charge in [0, 0.05) is 25.7 Å². The largest absolute Gasteiger partial charge is 0.314 e. The van der Waals surface area contributed by atoms with Crippen LogP contribution in [0.1, 0.15) is 17.2 Å². The number of nitrogens with one attached hydrogen (secondary N) is 2. The van der Waals surface area contributed by atoms with Gasteiger partial charge < -0.3 is 10.6 Å². The molecule has 1 saturated heterocycles. The molecule has 0 radical (unpaired) electrons. The predicted octanol–water partition coefficient (Wildman–Crippen LogP) is 1.79. The molecule has 0 bridgehead atoms. The van der Waals surface area contributed by atoms with Gasteiger partial charge in [-0.2, -0.15) is 0 Å². The Bertz CT molecular complexity index is 324. The number of piperazine rings is 1. The molecule has 1 aromatic carbocycles. The maximum atomic E-state index is 13.1. The first-order valence-electron chi connectivity index (χ1n) is 4.97. The monoisotopic (exact) mass is 230 g/mol. The molecule has 1 aliphatic heterocycles. The average molecular weight is 231 g/mol. The van der Waals surface area contributed by atoms with Gasteiger partial charge in [0.05, 0.1) is 0 Å². The molecule has 1 aliphatic rings. The van der Waals surface area contributed by atoms with Crippen molar-refractivity contribution in [3.8, 4) is 0 Å². The van der Waals surface area contributed by atoms with Crippen molar-refractivity contribution in [1.82, 2.24) is 10.6 Å². The number of hydrogen-bond acceptors (Lipinski definition) is 2. The Morgan fingerprint density at radius 1 is 1.33 bits per heavy atom. The molecule has 0 saturated carbocycles. The molecule has 2 rings (SSSR count). The van der Waals surface area contributed by atoms with Crippen molar-refractivity contribution in [1.29, 1.82) is 0 Å². The zero-order valence-corrected chi connectivity index (χ0v) is 9.53. The number of benzene rings is 1. The molecule has 0 aliphatic carbocycles. The third kappa shape index (κ3) is 2.91. The standard InChI is InChI=1S/C11H15FN2.ClH/c1-8-2-3-9(12)6-10(8)11-7-13-4-5-14-11;/h2-3,6,11,13-14H,4-5,7H2,1H3;1H/t11-;/m1./s1. The molecule has 0 aromatic heterocycles. The topological polar surface area (TPSA) is 24.1 Å². The van der Waals surface area contributed by atoms with Crippen LogP contribution >= 0.6 is 12.4 Å². The molecule has 0 unspecified atom stereocenters. The summed E-state index contributed by atoms with van der Waals surface area (Å²) in [4.78, 5) is 0. The van der Waals surface area contributed by atoms with Gasteiger partial charge in [-0.05, 0) is 30.2 Å². The minimum Gasteiger partial charge on any atom is -0.314 e. The van der Waals surface area contributed by atoms with Gasteiger partial charge in [0.2, 0.25) is 0 Å². The van der Waals surface area contributed by atoms with Crippen LogP contribution in [0, 0.1) is 12.7 Å². The van der Waals surface area contributed by atoms with Crippen LogP contribution in [0.15, 0.2) is 18.2 Å². The smallest absolute Gasteiger partial charge is 0.123 e. The Balaban J connectivity index is 0.00000112. The normalized spacial score (nSPS) is 20.8. The molecule has 0 spiro atoms. The fourth-order valence-corrected chi connectivity index (χ4v) is 1.86. The summed E-state index contributed by atoms with van der Waals surface area (Å²) in [7, 11) is 0. The minimum absolute atomic E-state index is 0. The second-order valence-electron chi connectivity index (χ2n) is 3.71. The highest BCUT2D eigenvalue weighted by molar-refractivity contribution is 5.85. The Kier molecular flexibility index (Phi) is 4.51. The van der Waals surface area contributed by atoms with Crippen molar-refractivity contribution < 1.29 is 4.39 Å². The van der Waals surface area contributed by atoms with Crippen LogP contribution in [-0.4, -0.2) is 19.6 Å². The van der Waals surface area contributed by atoms with Gasteiger partial charge in [-0.25, -0.2) is 4.39 Å². The molecule has 0 amide bonds. The maximum Gasteiger partial charge on any atom is 0.123 e. The summed E-state index contributed by atoms with van der Waals surface area (Å²) >= 11 is 0. The molecule has 4 heteroatoms. The molecule has 2 N–H and O–H groups in total. The summed E-state index contributed by atoms with van der Waals surface area (Å²) in [5.41, 5.74) is 2.21. The van der Waals surface area contributed by atoms with Crippen molar-refractivity contribution in [2.75, 3.05) is 19.6 Å². The first-order valence-corrected chi connectivity index (χ1v) is 4.97. The van der Waals surface area contributed by atoms with E-state index in [9.17, 15) is 4.39 Å². The van der Waals surface area contributed by atoms with Crippen LogP contribution in [0.3, 0.4) is 0 Å². The lowest BCUT2D eigenvalue weighted by atomic mass is 10.00. The third-order valence-electron chi connectivity index (χ3n) is 2.66. The SMILES string of the molecule is Cc1ccc(F)cc1[C@H]1CNCCN1.Cl. The third-order valence-corrected chi connectivity index (χ3v) is 2.66. The number of halogens is 2. The minimum atomic E-state index is -0.155. The molecular weight excluding hydrogens is 215 g/mol. The Morgan fingerprint density at radius 3 is 2.80 bits per heavy atom. The summed E-state index contributed by atoms with van der Waals surface area (Å²) in [5, 5.41) is 6.67. The van der Waals surface area contributed by atoms with Gasteiger partial charge in [-0.3, -0.25) is 0 Å².